The number of carbonyl (C=O) groups is 1. The van der Waals surface area contributed by atoms with Crippen LogP contribution in [0.5, 0.6) is 0 Å². The van der Waals surface area contributed by atoms with Crippen LogP contribution in [0.15, 0.2) is 0 Å². The molecule has 0 atom stereocenters. The van der Waals surface area contributed by atoms with Gasteiger partial charge in [0.25, 0.3) is 0 Å². The summed E-state index contributed by atoms with van der Waals surface area (Å²) in [5, 5.41) is 0. The Hall–Kier alpha value is -0.880. The molecule has 0 bridgehead atoms. The van der Waals surface area contributed by atoms with Gasteiger partial charge in [-0.2, -0.15) is 22.0 Å². The van der Waals surface area contributed by atoms with E-state index in [-0.39, 0.29) is 24.4 Å². The minimum absolute atomic E-state index is 0.0400. The third-order valence-electron chi connectivity index (χ3n) is 3.63. The molecule has 19 heavy (non-hydrogen) atoms. The van der Waals surface area contributed by atoms with Crippen molar-refractivity contribution in [2.24, 2.45) is 11.3 Å². The summed E-state index contributed by atoms with van der Waals surface area (Å²) in [6.07, 6.45) is -4.93. The van der Waals surface area contributed by atoms with Gasteiger partial charge in [0, 0.05) is 13.1 Å². The summed E-state index contributed by atoms with van der Waals surface area (Å²) in [6, 6.07) is 0. The Balaban J connectivity index is 2.69. The fraction of sp³-hybridized carbons (Fsp3) is 0.917. The number of hydrogen-bond acceptors (Lipinski definition) is 1. The van der Waals surface area contributed by atoms with Gasteiger partial charge >= 0.3 is 18.0 Å². The van der Waals surface area contributed by atoms with Crippen LogP contribution >= 0.6 is 0 Å². The third-order valence-corrected chi connectivity index (χ3v) is 3.63. The lowest BCUT2D eigenvalue weighted by atomic mass is 9.75. The molecule has 0 saturated carbocycles. The molecule has 1 aliphatic rings. The van der Waals surface area contributed by atoms with Crippen LogP contribution in [-0.2, 0) is 4.79 Å². The molecule has 1 aliphatic heterocycles. The van der Waals surface area contributed by atoms with Crippen molar-refractivity contribution in [2.45, 2.75) is 45.7 Å². The molecule has 1 fully saturated rings. The van der Waals surface area contributed by atoms with Gasteiger partial charge in [0.15, 0.2) is 0 Å². The molecule has 0 radical (unpaired) electrons. The number of likely N-dealkylation sites (tertiary alicyclic amines) is 1. The molecule has 112 valence electrons. The first-order valence-electron chi connectivity index (χ1n) is 6.11. The maximum absolute atomic E-state index is 12.9. The second-order valence-corrected chi connectivity index (χ2v) is 6.00. The molecule has 0 aromatic heterocycles. The van der Waals surface area contributed by atoms with E-state index in [1.807, 2.05) is 20.8 Å². The smallest absolute Gasteiger partial charge is 0.337 e. The van der Waals surface area contributed by atoms with E-state index < -0.39 is 18.0 Å². The average molecular weight is 287 g/mol. The molecule has 0 N–H and O–H groups in total. The predicted octanol–water partition coefficient (Wildman–Crippen LogP) is 3.47. The zero-order valence-electron chi connectivity index (χ0n) is 11.2. The van der Waals surface area contributed by atoms with E-state index in [0.29, 0.717) is 17.7 Å². The van der Waals surface area contributed by atoms with Gasteiger partial charge in [-0.25, -0.2) is 0 Å². The molecule has 1 amide bonds. The minimum atomic E-state index is -5.83. The van der Waals surface area contributed by atoms with E-state index in [4.69, 9.17) is 0 Å². The number of amides is 1. The highest BCUT2D eigenvalue weighted by Gasteiger charge is 2.64. The Labute approximate surface area is 108 Å². The van der Waals surface area contributed by atoms with Crippen LogP contribution in [0, 0.1) is 11.3 Å². The Morgan fingerprint density at radius 3 is 1.74 bits per heavy atom. The lowest BCUT2D eigenvalue weighted by molar-refractivity contribution is -0.274. The van der Waals surface area contributed by atoms with Gasteiger partial charge in [-0.15, -0.1) is 0 Å². The van der Waals surface area contributed by atoms with Crippen LogP contribution in [0.2, 0.25) is 0 Å². The fourth-order valence-corrected chi connectivity index (χ4v) is 2.27. The molecule has 0 spiro atoms. The van der Waals surface area contributed by atoms with Crippen LogP contribution in [-0.4, -0.2) is 36.0 Å². The van der Waals surface area contributed by atoms with E-state index in [9.17, 15) is 26.7 Å². The first kappa shape index (κ1) is 16.2. The van der Waals surface area contributed by atoms with Crippen LogP contribution in [0.1, 0.15) is 33.6 Å². The van der Waals surface area contributed by atoms with E-state index >= 15 is 0 Å². The molecule has 2 nitrogen and oxygen atoms in total. The van der Waals surface area contributed by atoms with Crippen LogP contribution < -0.4 is 0 Å². The van der Waals surface area contributed by atoms with Crippen LogP contribution in [0.4, 0.5) is 22.0 Å². The van der Waals surface area contributed by atoms with E-state index in [2.05, 4.69) is 0 Å². The second-order valence-electron chi connectivity index (χ2n) is 6.00. The van der Waals surface area contributed by atoms with Gasteiger partial charge in [-0.05, 0) is 24.2 Å². The van der Waals surface area contributed by atoms with E-state index in [1.54, 1.807) is 0 Å². The highest BCUT2D eigenvalue weighted by Crippen LogP contribution is 2.39. The van der Waals surface area contributed by atoms with Crippen molar-refractivity contribution in [1.29, 1.82) is 0 Å². The van der Waals surface area contributed by atoms with Crippen molar-refractivity contribution < 1.29 is 26.7 Å². The summed E-state index contributed by atoms with van der Waals surface area (Å²) in [7, 11) is 0. The first-order valence-corrected chi connectivity index (χ1v) is 6.11. The lowest BCUT2D eigenvalue weighted by Gasteiger charge is -2.39. The quantitative estimate of drug-likeness (QED) is 0.676. The summed E-state index contributed by atoms with van der Waals surface area (Å²) in [6.45, 7) is 5.86. The Morgan fingerprint density at radius 1 is 1.00 bits per heavy atom. The topological polar surface area (TPSA) is 20.3 Å². The molecule has 1 saturated heterocycles. The Morgan fingerprint density at radius 2 is 1.42 bits per heavy atom. The average Bonchev–Trinajstić information content (AvgIpc) is 2.25. The summed E-state index contributed by atoms with van der Waals surface area (Å²) in [5.74, 6) is -7.20. The summed E-state index contributed by atoms with van der Waals surface area (Å²) < 4.78 is 62.2. The van der Waals surface area contributed by atoms with E-state index in [0.717, 1.165) is 0 Å². The van der Waals surface area contributed by atoms with Crippen molar-refractivity contribution in [1.82, 2.24) is 4.90 Å². The van der Waals surface area contributed by atoms with Gasteiger partial charge in [0.2, 0.25) is 0 Å². The van der Waals surface area contributed by atoms with Crippen LogP contribution in [0.25, 0.3) is 0 Å². The number of halogens is 5. The monoisotopic (exact) mass is 287 g/mol. The van der Waals surface area contributed by atoms with Gasteiger partial charge in [0.05, 0.1) is 0 Å². The number of nitrogens with zero attached hydrogens (tertiary/aromatic N) is 1. The zero-order chi connectivity index (χ0) is 15.1. The molecule has 0 aromatic carbocycles. The van der Waals surface area contributed by atoms with Crippen molar-refractivity contribution in [3.8, 4) is 0 Å². The SMILES string of the molecule is CC(C)(C)C1CCN(C(=O)C(F)(F)C(F)(F)F)CC1. The van der Waals surface area contributed by atoms with Crippen molar-refractivity contribution in [2.75, 3.05) is 13.1 Å². The Kier molecular flexibility index (Phi) is 4.17. The molecule has 7 heteroatoms. The second kappa shape index (κ2) is 4.90. The number of hydrogen-bond donors (Lipinski definition) is 0. The molecule has 0 unspecified atom stereocenters. The molecule has 1 rings (SSSR count). The van der Waals surface area contributed by atoms with Crippen molar-refractivity contribution in [3.05, 3.63) is 0 Å². The third kappa shape index (κ3) is 3.36. The summed E-state index contributed by atoms with van der Waals surface area (Å²) in [4.78, 5) is 11.9. The van der Waals surface area contributed by atoms with Gasteiger partial charge < -0.3 is 4.90 Å². The molecular formula is C12H18F5NO. The molecular weight excluding hydrogens is 269 g/mol. The minimum Gasteiger partial charge on any atom is -0.337 e. The van der Waals surface area contributed by atoms with Crippen molar-refractivity contribution >= 4 is 5.91 Å². The largest absolute Gasteiger partial charge is 0.463 e. The number of carbonyl (C=O) groups excluding carboxylic acids is 1. The summed E-state index contributed by atoms with van der Waals surface area (Å²) >= 11 is 0. The maximum Gasteiger partial charge on any atom is 0.463 e. The first-order chi connectivity index (χ1) is 8.37. The summed E-state index contributed by atoms with van der Waals surface area (Å²) in [5.41, 5.74) is -0.0400. The normalized spacial score (nSPS) is 19.7. The lowest BCUT2D eigenvalue weighted by Crippen LogP contribution is -2.54. The van der Waals surface area contributed by atoms with Gasteiger partial charge in [-0.1, -0.05) is 20.8 Å². The fourth-order valence-electron chi connectivity index (χ4n) is 2.27. The van der Waals surface area contributed by atoms with Gasteiger partial charge in [-0.3, -0.25) is 4.79 Å². The molecule has 0 aromatic rings. The zero-order valence-corrected chi connectivity index (χ0v) is 11.2. The van der Waals surface area contributed by atoms with E-state index in [1.165, 1.54) is 0 Å². The van der Waals surface area contributed by atoms with Crippen molar-refractivity contribution in [3.63, 3.8) is 0 Å². The van der Waals surface area contributed by atoms with Gasteiger partial charge in [0.1, 0.15) is 0 Å². The predicted molar refractivity (Wildman–Crippen MR) is 59.8 cm³/mol. The number of rotatable bonds is 1. The van der Waals surface area contributed by atoms with Crippen LogP contribution in [0.3, 0.4) is 0 Å². The number of piperidine rings is 1. The molecule has 0 aliphatic carbocycles. The number of alkyl halides is 5. The maximum atomic E-state index is 12.9. The molecule has 1 heterocycles. The Bertz CT molecular complexity index is 337. The standard InChI is InChI=1S/C12H18F5NO/c1-10(2,3)8-4-6-18(7-5-8)9(19)11(13,14)12(15,16)17/h8H,4-7H2,1-3H3. The highest BCUT2D eigenvalue weighted by atomic mass is 19.4. The highest BCUT2D eigenvalue weighted by molar-refractivity contribution is 5.84.